The summed E-state index contributed by atoms with van der Waals surface area (Å²) >= 11 is 0. The van der Waals surface area contributed by atoms with E-state index in [2.05, 4.69) is 15.6 Å². The van der Waals surface area contributed by atoms with E-state index >= 15 is 0 Å². The number of carbonyl (C=O) groups excluding carboxylic acids is 3. The van der Waals surface area contributed by atoms with Crippen molar-refractivity contribution in [3.8, 4) is 11.3 Å². The van der Waals surface area contributed by atoms with Gasteiger partial charge in [0.2, 0.25) is 0 Å². The van der Waals surface area contributed by atoms with Gasteiger partial charge >= 0.3 is 12.1 Å². The van der Waals surface area contributed by atoms with Crippen molar-refractivity contribution >= 4 is 23.5 Å². The van der Waals surface area contributed by atoms with Gasteiger partial charge in [-0.1, -0.05) is 38.1 Å². The van der Waals surface area contributed by atoms with Crippen LogP contribution in [-0.2, 0) is 39.8 Å². The van der Waals surface area contributed by atoms with Crippen molar-refractivity contribution < 1.29 is 48.3 Å². The molecule has 0 saturated carbocycles. The van der Waals surface area contributed by atoms with E-state index in [9.17, 15) is 24.6 Å². The normalized spacial score (nSPS) is 35.7. The second kappa shape index (κ2) is 20.6. The summed E-state index contributed by atoms with van der Waals surface area (Å²) in [6, 6.07) is 6.29. The molecule has 3 fully saturated rings. The number of nitrogens with zero attached hydrogens (tertiary/aromatic N) is 5. The molecule has 3 aliphatic rings. The van der Waals surface area contributed by atoms with Gasteiger partial charge in [-0.25, -0.2) is 4.79 Å². The first-order chi connectivity index (χ1) is 28.9. The van der Waals surface area contributed by atoms with Gasteiger partial charge in [0.25, 0.3) is 0 Å². The minimum atomic E-state index is -1.27. The van der Waals surface area contributed by atoms with Crippen molar-refractivity contribution in [3.63, 3.8) is 0 Å². The van der Waals surface area contributed by atoms with Crippen LogP contribution in [0.1, 0.15) is 87.0 Å². The van der Waals surface area contributed by atoms with Crippen LogP contribution in [0.4, 0.5) is 10.5 Å². The topological polar surface area (TPSA) is 213 Å². The van der Waals surface area contributed by atoms with Crippen LogP contribution < -0.4 is 11.1 Å². The lowest BCUT2D eigenvalue weighted by Gasteiger charge is -2.48. The largest absolute Gasteiger partial charge is 0.458 e. The van der Waals surface area contributed by atoms with Crippen molar-refractivity contribution in [3.05, 3.63) is 30.5 Å². The first-order valence-corrected chi connectivity index (χ1v) is 21.9. The van der Waals surface area contributed by atoms with Crippen LogP contribution in [0, 0.1) is 17.8 Å². The number of nitrogens with one attached hydrogen (secondary N) is 1. The Bertz CT molecular complexity index is 1780. The van der Waals surface area contributed by atoms with Gasteiger partial charge < -0.3 is 49.8 Å². The third kappa shape index (κ3) is 10.7. The Balaban J connectivity index is 1.41. The summed E-state index contributed by atoms with van der Waals surface area (Å²) in [7, 11) is 5.29. The van der Waals surface area contributed by atoms with E-state index < -0.39 is 71.5 Å². The average Bonchev–Trinajstić information content (AvgIpc) is 3.80. The van der Waals surface area contributed by atoms with Crippen LogP contribution in [0.2, 0.25) is 0 Å². The summed E-state index contributed by atoms with van der Waals surface area (Å²) < 4.78 is 33.4. The molecule has 342 valence electrons. The molecule has 5 rings (SSSR count). The molecule has 0 spiro atoms. The number of benzene rings is 1. The fourth-order valence-corrected chi connectivity index (χ4v) is 9.79. The first kappa shape index (κ1) is 48.3. The zero-order valence-corrected chi connectivity index (χ0v) is 37.8. The maximum absolute atomic E-state index is 14.5. The molecule has 0 radical (unpaired) electrons. The molecule has 17 heteroatoms. The number of aliphatic hydroxyl groups excluding tert-OH is 2. The Morgan fingerprint density at radius 3 is 2.48 bits per heavy atom. The molecule has 17 nitrogen and oxygen atoms in total. The van der Waals surface area contributed by atoms with Gasteiger partial charge in [0.15, 0.2) is 17.7 Å². The number of rotatable bonds is 13. The number of aliphatic hydroxyl groups is 2. The standard InChI is InChI=1S/C44H71N7O10/c1-11-35-43(7)38(51(42(56)61-43)19-13-12-18-50-25-33(47-48-50)31-15-14-16-32(45)22-31)30(6)46-24-26(2)23-44(57-10,17-20-52)39(28(4)36(53)29(5)40(55)59-35)60-41-37(54)34(49(8)9)21-27(3)58-41/h14-16,22,25-30,34-35,37-39,41,46,52,54H,11-13,17-21,23-24,45H2,1-10H3/t26-,27?,28+,29-,30-,34?,35-,37?,38-,39-,41+,43-,44-/m1/s1. The predicted octanol–water partition coefficient (Wildman–Crippen LogP) is 3.65. The van der Waals surface area contributed by atoms with E-state index in [1.165, 1.54) is 14.0 Å². The van der Waals surface area contributed by atoms with Gasteiger partial charge in [0.1, 0.15) is 23.8 Å². The summed E-state index contributed by atoms with van der Waals surface area (Å²) in [4.78, 5) is 46.1. The van der Waals surface area contributed by atoms with E-state index in [4.69, 9.17) is 29.4 Å². The highest BCUT2D eigenvalue weighted by Gasteiger charge is 2.59. The maximum atomic E-state index is 14.5. The Hall–Kier alpha value is -3.71. The van der Waals surface area contributed by atoms with Gasteiger partial charge in [-0.2, -0.15) is 0 Å². The quantitative estimate of drug-likeness (QED) is 0.0980. The van der Waals surface area contributed by atoms with Crippen molar-refractivity contribution in [1.29, 1.82) is 0 Å². The van der Waals surface area contributed by atoms with E-state index in [1.807, 2.05) is 77.2 Å². The number of esters is 1. The fourth-order valence-electron chi connectivity index (χ4n) is 9.79. The molecule has 1 aromatic heterocycles. The highest BCUT2D eigenvalue weighted by Crippen LogP contribution is 2.41. The molecule has 2 aromatic rings. The first-order valence-electron chi connectivity index (χ1n) is 21.9. The lowest BCUT2D eigenvalue weighted by Crippen LogP contribution is -2.61. The van der Waals surface area contributed by atoms with E-state index in [0.717, 1.165) is 5.56 Å². The number of unbranched alkanes of at least 4 members (excludes halogenated alkanes) is 1. The number of aryl methyl sites for hydroxylation is 1. The van der Waals surface area contributed by atoms with Crippen molar-refractivity contribution in [2.75, 3.05) is 46.6 Å². The van der Waals surface area contributed by atoms with E-state index in [-0.39, 0.29) is 37.1 Å². The summed E-state index contributed by atoms with van der Waals surface area (Å²) in [5.74, 6) is -3.54. The zero-order chi connectivity index (χ0) is 44.8. The van der Waals surface area contributed by atoms with Gasteiger partial charge in [-0.15, -0.1) is 5.10 Å². The number of ether oxygens (including phenoxy) is 5. The van der Waals surface area contributed by atoms with Gasteiger partial charge in [0, 0.05) is 62.5 Å². The van der Waals surface area contributed by atoms with E-state index in [1.54, 1.807) is 23.4 Å². The summed E-state index contributed by atoms with van der Waals surface area (Å²) in [5, 5.41) is 34.3. The number of fused-ring (bicyclic) bond motifs is 1. The second-order valence-corrected chi connectivity index (χ2v) is 18.0. The van der Waals surface area contributed by atoms with Crippen LogP contribution in [0.3, 0.4) is 0 Å². The van der Waals surface area contributed by atoms with Crippen LogP contribution in [0.15, 0.2) is 30.5 Å². The fraction of sp³-hybridized carbons (Fsp3) is 0.750. The van der Waals surface area contributed by atoms with Crippen LogP contribution in [0.5, 0.6) is 0 Å². The third-order valence-corrected chi connectivity index (χ3v) is 13.1. The number of amides is 1. The molecule has 5 N–H and O–H groups in total. The van der Waals surface area contributed by atoms with E-state index in [0.29, 0.717) is 63.1 Å². The highest BCUT2D eigenvalue weighted by molar-refractivity contribution is 6.00. The van der Waals surface area contributed by atoms with Crippen molar-refractivity contribution in [1.82, 2.24) is 30.1 Å². The predicted molar refractivity (Wildman–Crippen MR) is 228 cm³/mol. The van der Waals surface area contributed by atoms with Crippen molar-refractivity contribution in [2.45, 2.75) is 154 Å². The number of anilines is 1. The Morgan fingerprint density at radius 2 is 1.82 bits per heavy atom. The van der Waals surface area contributed by atoms with Crippen LogP contribution in [0.25, 0.3) is 11.3 Å². The van der Waals surface area contributed by atoms with Crippen LogP contribution in [-0.4, -0.2) is 154 Å². The SMILES string of the molecule is CC[C@H]1OC(=O)[C@H](C)C(=O)[C@H](C)[C@@H](O[C@@H]2OC(C)CC(N(C)C)C2O)[C@](CCO)(OC)C[C@@H](C)CN[C@H](C)[C@H]2N(CCCCn3cc(-c4cccc(N)c4)nn3)C(=O)O[C@]12C. The summed E-state index contributed by atoms with van der Waals surface area (Å²) in [6.45, 7) is 13.9. The molecule has 0 bridgehead atoms. The smallest absolute Gasteiger partial charge is 0.410 e. The van der Waals surface area contributed by atoms with Gasteiger partial charge in [-0.3, -0.25) is 19.2 Å². The summed E-state index contributed by atoms with van der Waals surface area (Å²) in [6.07, 6.45) is -0.334. The lowest BCUT2D eigenvalue weighted by atomic mass is 9.76. The number of carbonyl (C=O) groups is 3. The molecule has 13 atom stereocenters. The minimum Gasteiger partial charge on any atom is -0.458 e. The second-order valence-electron chi connectivity index (χ2n) is 18.0. The number of nitrogens with two attached hydrogens (primary N) is 1. The average molecular weight is 858 g/mol. The number of aromatic nitrogens is 3. The third-order valence-electron chi connectivity index (χ3n) is 13.1. The van der Waals surface area contributed by atoms with Gasteiger partial charge in [-0.05, 0) is 98.5 Å². The number of cyclic esters (lactones) is 1. The van der Waals surface area contributed by atoms with Crippen molar-refractivity contribution in [2.24, 2.45) is 17.8 Å². The van der Waals surface area contributed by atoms with Crippen LogP contribution >= 0.6 is 0 Å². The molecule has 1 aromatic carbocycles. The minimum absolute atomic E-state index is 0.103. The number of nitrogen functional groups attached to an aromatic ring is 1. The molecule has 3 aliphatic heterocycles. The number of ketones is 1. The molecule has 3 saturated heterocycles. The molecule has 3 unspecified atom stereocenters. The number of Topliss-reactive ketones (excluding diaryl/α,β-unsaturated/α-hetero) is 1. The molecule has 1 amide bonds. The van der Waals surface area contributed by atoms with Gasteiger partial charge in [0.05, 0.1) is 30.0 Å². The summed E-state index contributed by atoms with van der Waals surface area (Å²) in [5.41, 5.74) is 5.69. The molecule has 4 heterocycles. The monoisotopic (exact) mass is 858 g/mol. The Morgan fingerprint density at radius 1 is 1.10 bits per heavy atom. The lowest BCUT2D eigenvalue weighted by molar-refractivity contribution is -0.298. The number of likely N-dealkylation sites (N-methyl/N-ethyl adjacent to an activating group) is 1. The zero-order valence-electron chi connectivity index (χ0n) is 37.8. The number of hydrogen-bond acceptors (Lipinski definition) is 15. The molecular formula is C44H71N7O10. The Labute approximate surface area is 360 Å². The number of methoxy groups -OCH3 is 1. The molecule has 0 aliphatic carbocycles. The maximum Gasteiger partial charge on any atom is 0.410 e. The highest BCUT2D eigenvalue weighted by atomic mass is 16.7. The Kier molecular flexibility index (Phi) is 16.4. The number of hydrogen-bond donors (Lipinski definition) is 4. The molecule has 61 heavy (non-hydrogen) atoms. The molecular weight excluding hydrogens is 787 g/mol.